The van der Waals surface area contributed by atoms with Gasteiger partial charge in [0.1, 0.15) is 0 Å². The minimum atomic E-state index is -4.45. The van der Waals surface area contributed by atoms with Gasteiger partial charge in [-0.2, -0.15) is 13.2 Å². The van der Waals surface area contributed by atoms with Crippen molar-refractivity contribution in [1.29, 1.82) is 0 Å². The standard InChI is InChI=1S/C10H13ClF3N3/c1-2-17(7-3-6-11)9-5-4-8(15-16-9)10(12,13)14/h4-5H,2-3,6-7H2,1H3. The van der Waals surface area contributed by atoms with Gasteiger partial charge in [-0.15, -0.1) is 21.8 Å². The van der Waals surface area contributed by atoms with E-state index in [2.05, 4.69) is 10.2 Å². The lowest BCUT2D eigenvalue weighted by molar-refractivity contribution is -0.141. The molecule has 1 rings (SSSR count). The molecule has 1 aromatic heterocycles. The van der Waals surface area contributed by atoms with Crippen molar-refractivity contribution in [3.63, 3.8) is 0 Å². The van der Waals surface area contributed by atoms with Gasteiger partial charge in [0.05, 0.1) is 0 Å². The van der Waals surface area contributed by atoms with E-state index >= 15 is 0 Å². The molecule has 0 aliphatic rings. The Balaban J connectivity index is 2.78. The van der Waals surface area contributed by atoms with E-state index in [0.29, 0.717) is 24.8 Å². The third-order valence-electron chi connectivity index (χ3n) is 2.21. The van der Waals surface area contributed by atoms with Crippen molar-refractivity contribution in [2.24, 2.45) is 0 Å². The first-order chi connectivity index (χ1) is 7.99. The molecule has 0 radical (unpaired) electrons. The molecule has 0 aromatic carbocycles. The highest BCUT2D eigenvalue weighted by atomic mass is 35.5. The average molecular weight is 268 g/mol. The molecular formula is C10H13ClF3N3. The fourth-order valence-corrected chi connectivity index (χ4v) is 1.45. The third-order valence-corrected chi connectivity index (χ3v) is 2.48. The summed E-state index contributed by atoms with van der Waals surface area (Å²) < 4.78 is 36.8. The molecule has 0 fully saturated rings. The quantitative estimate of drug-likeness (QED) is 0.768. The predicted molar refractivity (Wildman–Crippen MR) is 60.3 cm³/mol. The van der Waals surface area contributed by atoms with Crippen molar-refractivity contribution in [2.45, 2.75) is 19.5 Å². The van der Waals surface area contributed by atoms with E-state index in [9.17, 15) is 13.2 Å². The lowest BCUT2D eigenvalue weighted by Crippen LogP contribution is -2.26. The Hall–Kier alpha value is -1.04. The van der Waals surface area contributed by atoms with Crippen LogP contribution in [-0.4, -0.2) is 29.2 Å². The molecule has 1 heterocycles. The Morgan fingerprint density at radius 1 is 1.29 bits per heavy atom. The second-order valence-electron chi connectivity index (χ2n) is 3.40. The van der Waals surface area contributed by atoms with Gasteiger partial charge in [-0.3, -0.25) is 0 Å². The SMILES string of the molecule is CCN(CCCCl)c1ccc(C(F)(F)F)nn1. The molecule has 0 aliphatic carbocycles. The van der Waals surface area contributed by atoms with Gasteiger partial charge in [-0.1, -0.05) is 0 Å². The van der Waals surface area contributed by atoms with Crippen LogP contribution >= 0.6 is 11.6 Å². The molecule has 0 atom stereocenters. The third kappa shape index (κ3) is 4.03. The number of aromatic nitrogens is 2. The smallest absolute Gasteiger partial charge is 0.355 e. The Kier molecular flexibility index (Phi) is 4.99. The van der Waals surface area contributed by atoms with Crippen LogP contribution in [0.25, 0.3) is 0 Å². The van der Waals surface area contributed by atoms with E-state index in [-0.39, 0.29) is 0 Å². The van der Waals surface area contributed by atoms with Crippen LogP contribution in [0.5, 0.6) is 0 Å². The van der Waals surface area contributed by atoms with Crippen LogP contribution in [0.2, 0.25) is 0 Å². The van der Waals surface area contributed by atoms with Crippen molar-refractivity contribution < 1.29 is 13.2 Å². The summed E-state index contributed by atoms with van der Waals surface area (Å²) in [5.74, 6) is 0.940. The molecule has 7 heteroatoms. The molecule has 96 valence electrons. The van der Waals surface area contributed by atoms with Crippen LogP contribution in [0.3, 0.4) is 0 Å². The molecule has 0 saturated carbocycles. The highest BCUT2D eigenvalue weighted by Crippen LogP contribution is 2.27. The van der Waals surface area contributed by atoms with Gasteiger partial charge in [-0.05, 0) is 25.5 Å². The summed E-state index contributed by atoms with van der Waals surface area (Å²) in [5, 5.41) is 6.76. The maximum Gasteiger partial charge on any atom is 0.435 e. The fourth-order valence-electron chi connectivity index (χ4n) is 1.33. The monoisotopic (exact) mass is 267 g/mol. The molecule has 0 unspecified atom stereocenters. The van der Waals surface area contributed by atoms with Crippen molar-refractivity contribution in [3.05, 3.63) is 17.8 Å². The lowest BCUT2D eigenvalue weighted by Gasteiger charge is -2.20. The largest absolute Gasteiger partial charge is 0.435 e. The molecule has 1 aromatic rings. The Morgan fingerprint density at radius 3 is 2.41 bits per heavy atom. The number of alkyl halides is 4. The molecule has 0 N–H and O–H groups in total. The van der Waals surface area contributed by atoms with E-state index in [1.165, 1.54) is 6.07 Å². The van der Waals surface area contributed by atoms with Crippen molar-refractivity contribution >= 4 is 17.4 Å². The van der Waals surface area contributed by atoms with Crippen LogP contribution in [0, 0.1) is 0 Å². The number of halogens is 4. The second kappa shape index (κ2) is 6.05. The number of hydrogen-bond acceptors (Lipinski definition) is 3. The zero-order valence-corrected chi connectivity index (χ0v) is 10.1. The highest BCUT2D eigenvalue weighted by molar-refractivity contribution is 6.17. The molecule has 0 saturated heterocycles. The average Bonchev–Trinajstić information content (AvgIpc) is 2.29. The van der Waals surface area contributed by atoms with Crippen LogP contribution in [-0.2, 0) is 6.18 Å². The Bertz CT molecular complexity index is 340. The van der Waals surface area contributed by atoms with Crippen molar-refractivity contribution in [1.82, 2.24) is 10.2 Å². The molecule has 3 nitrogen and oxygen atoms in total. The van der Waals surface area contributed by atoms with Crippen molar-refractivity contribution in [2.75, 3.05) is 23.9 Å². The predicted octanol–water partition coefficient (Wildman–Crippen LogP) is 2.95. The first-order valence-electron chi connectivity index (χ1n) is 5.21. The summed E-state index contributed by atoms with van der Waals surface area (Å²) in [4.78, 5) is 1.83. The van der Waals surface area contributed by atoms with Gasteiger partial charge >= 0.3 is 6.18 Å². The normalized spacial score (nSPS) is 11.6. The van der Waals surface area contributed by atoms with Gasteiger partial charge in [0.25, 0.3) is 0 Å². The number of rotatable bonds is 5. The molecule has 0 bridgehead atoms. The highest BCUT2D eigenvalue weighted by Gasteiger charge is 2.33. The molecule has 0 amide bonds. The van der Waals surface area contributed by atoms with E-state index in [0.717, 1.165) is 12.5 Å². The fraction of sp³-hybridized carbons (Fsp3) is 0.600. The van der Waals surface area contributed by atoms with Gasteiger partial charge in [0.15, 0.2) is 11.5 Å². The van der Waals surface area contributed by atoms with E-state index in [4.69, 9.17) is 11.6 Å². The van der Waals surface area contributed by atoms with E-state index in [1.54, 1.807) is 0 Å². The maximum atomic E-state index is 12.3. The lowest BCUT2D eigenvalue weighted by atomic mass is 10.3. The summed E-state index contributed by atoms with van der Waals surface area (Å²) in [6.45, 7) is 3.20. The maximum absolute atomic E-state index is 12.3. The molecule has 0 aliphatic heterocycles. The zero-order chi connectivity index (χ0) is 12.9. The number of hydrogen-bond donors (Lipinski definition) is 0. The van der Waals surface area contributed by atoms with E-state index < -0.39 is 11.9 Å². The van der Waals surface area contributed by atoms with Crippen LogP contribution in [0.4, 0.5) is 19.0 Å². The van der Waals surface area contributed by atoms with Gasteiger partial charge in [-0.25, -0.2) is 0 Å². The summed E-state index contributed by atoms with van der Waals surface area (Å²) in [7, 11) is 0. The summed E-state index contributed by atoms with van der Waals surface area (Å²) in [6, 6.07) is 2.26. The zero-order valence-electron chi connectivity index (χ0n) is 9.34. The first-order valence-corrected chi connectivity index (χ1v) is 5.74. The van der Waals surface area contributed by atoms with Gasteiger partial charge < -0.3 is 4.90 Å². The molecular weight excluding hydrogens is 255 g/mol. The van der Waals surface area contributed by atoms with Gasteiger partial charge in [0, 0.05) is 19.0 Å². The number of anilines is 1. The molecule has 17 heavy (non-hydrogen) atoms. The Morgan fingerprint density at radius 2 is 2.00 bits per heavy atom. The Labute approximate surface area is 103 Å². The van der Waals surface area contributed by atoms with E-state index in [1.807, 2.05) is 11.8 Å². The second-order valence-corrected chi connectivity index (χ2v) is 3.77. The van der Waals surface area contributed by atoms with Crippen LogP contribution in [0.1, 0.15) is 19.0 Å². The van der Waals surface area contributed by atoms with Gasteiger partial charge in [0.2, 0.25) is 0 Å². The minimum absolute atomic E-state index is 0.436. The first kappa shape index (κ1) is 14.0. The molecule has 0 spiro atoms. The summed E-state index contributed by atoms with van der Waals surface area (Å²) in [6.07, 6.45) is -3.70. The topological polar surface area (TPSA) is 29.0 Å². The summed E-state index contributed by atoms with van der Waals surface area (Å²) >= 11 is 5.56. The number of nitrogens with zero attached hydrogens (tertiary/aromatic N) is 3. The van der Waals surface area contributed by atoms with Crippen molar-refractivity contribution in [3.8, 4) is 0 Å². The summed E-state index contributed by atoms with van der Waals surface area (Å²) in [5.41, 5.74) is -0.977. The minimum Gasteiger partial charge on any atom is -0.355 e. The van der Waals surface area contributed by atoms with Crippen LogP contribution < -0.4 is 4.90 Å². The van der Waals surface area contributed by atoms with Crippen LogP contribution in [0.15, 0.2) is 12.1 Å².